The minimum Gasteiger partial charge on any atom is -0.345 e. The van der Waals surface area contributed by atoms with Crippen LogP contribution in [-0.2, 0) is 13.6 Å². The summed E-state index contributed by atoms with van der Waals surface area (Å²) in [6.07, 6.45) is 3.17. The highest BCUT2D eigenvalue weighted by Crippen LogP contribution is 2.12. The lowest BCUT2D eigenvalue weighted by atomic mass is 10.3. The Kier molecular flexibility index (Phi) is 3.90. The van der Waals surface area contributed by atoms with Crippen LogP contribution in [0.1, 0.15) is 36.2 Å². The lowest BCUT2D eigenvalue weighted by molar-refractivity contribution is 0.0941. The van der Waals surface area contributed by atoms with Crippen molar-refractivity contribution in [2.45, 2.75) is 26.4 Å². The average molecular weight is 282 g/mol. The Morgan fingerprint density at radius 1 is 1.53 bits per heavy atom. The molecule has 2 aromatic rings. The first kappa shape index (κ1) is 13.6. The Morgan fingerprint density at radius 3 is 2.84 bits per heavy atom. The first-order valence-electron chi connectivity index (χ1n) is 5.97. The number of nitrogens with zero attached hydrogens (tertiary/aromatic N) is 4. The van der Waals surface area contributed by atoms with Gasteiger partial charge in [-0.2, -0.15) is 5.10 Å². The molecular weight excluding hydrogens is 266 g/mol. The minimum absolute atomic E-state index is 0.187. The second kappa shape index (κ2) is 5.44. The highest BCUT2D eigenvalue weighted by Gasteiger charge is 2.13. The lowest BCUT2D eigenvalue weighted by Gasteiger charge is -2.10. The minimum atomic E-state index is -0.187. The molecule has 0 spiro atoms. The van der Waals surface area contributed by atoms with E-state index in [0.717, 1.165) is 5.82 Å². The molecule has 7 heteroatoms. The van der Waals surface area contributed by atoms with E-state index in [1.807, 2.05) is 13.8 Å². The first-order valence-corrected chi connectivity index (χ1v) is 6.35. The van der Waals surface area contributed by atoms with Crippen LogP contribution < -0.4 is 5.32 Å². The Labute approximate surface area is 116 Å². The molecule has 102 valence electrons. The van der Waals surface area contributed by atoms with Crippen LogP contribution in [0.4, 0.5) is 0 Å². The van der Waals surface area contributed by atoms with Crippen molar-refractivity contribution in [3.05, 3.63) is 35.1 Å². The highest BCUT2D eigenvalue weighted by molar-refractivity contribution is 6.31. The van der Waals surface area contributed by atoms with E-state index in [-0.39, 0.29) is 11.9 Å². The van der Waals surface area contributed by atoms with Crippen molar-refractivity contribution >= 4 is 17.5 Å². The van der Waals surface area contributed by atoms with Gasteiger partial charge in [-0.15, -0.1) is 0 Å². The van der Waals surface area contributed by atoms with Crippen LogP contribution in [0.5, 0.6) is 0 Å². The zero-order chi connectivity index (χ0) is 14.0. The molecule has 2 heterocycles. The number of hydrogen-bond acceptors (Lipinski definition) is 3. The SMILES string of the molecule is CC(C)n1ncnc1CNC(=O)c1cc(Cl)cn1C. The van der Waals surface area contributed by atoms with Crippen molar-refractivity contribution in [2.75, 3.05) is 0 Å². The molecule has 0 aromatic carbocycles. The molecular formula is C12H16ClN5O. The van der Waals surface area contributed by atoms with E-state index in [2.05, 4.69) is 15.4 Å². The van der Waals surface area contributed by atoms with Crippen LogP contribution in [0.15, 0.2) is 18.6 Å². The summed E-state index contributed by atoms with van der Waals surface area (Å²) >= 11 is 5.85. The number of rotatable bonds is 4. The molecule has 0 unspecified atom stereocenters. The molecule has 1 amide bonds. The van der Waals surface area contributed by atoms with Crippen molar-refractivity contribution in [1.29, 1.82) is 0 Å². The molecule has 1 N–H and O–H groups in total. The zero-order valence-corrected chi connectivity index (χ0v) is 11.8. The summed E-state index contributed by atoms with van der Waals surface area (Å²) in [5.74, 6) is 0.538. The fraction of sp³-hybridized carbons (Fsp3) is 0.417. The molecule has 19 heavy (non-hydrogen) atoms. The van der Waals surface area contributed by atoms with Gasteiger partial charge in [-0.25, -0.2) is 9.67 Å². The van der Waals surface area contributed by atoms with Crippen LogP contribution in [0, 0.1) is 0 Å². The van der Waals surface area contributed by atoms with Gasteiger partial charge in [0.05, 0.1) is 11.6 Å². The number of aromatic nitrogens is 4. The summed E-state index contributed by atoms with van der Waals surface area (Å²) in [5, 5.41) is 7.46. The molecule has 0 saturated carbocycles. The van der Waals surface area contributed by atoms with Crippen molar-refractivity contribution in [3.63, 3.8) is 0 Å². The fourth-order valence-corrected chi connectivity index (χ4v) is 2.08. The van der Waals surface area contributed by atoms with Crippen LogP contribution >= 0.6 is 11.6 Å². The third-order valence-electron chi connectivity index (χ3n) is 2.75. The van der Waals surface area contributed by atoms with Gasteiger partial charge in [0.15, 0.2) is 0 Å². The van der Waals surface area contributed by atoms with Crippen LogP contribution in [0.3, 0.4) is 0 Å². The third-order valence-corrected chi connectivity index (χ3v) is 2.95. The zero-order valence-electron chi connectivity index (χ0n) is 11.1. The third kappa shape index (κ3) is 2.96. The normalized spacial score (nSPS) is 11.0. The topological polar surface area (TPSA) is 64.7 Å². The molecule has 0 aliphatic heterocycles. The number of halogens is 1. The average Bonchev–Trinajstić information content (AvgIpc) is 2.92. The van der Waals surface area contributed by atoms with Crippen LogP contribution in [0.25, 0.3) is 0 Å². The van der Waals surface area contributed by atoms with Crippen LogP contribution in [-0.4, -0.2) is 25.2 Å². The van der Waals surface area contributed by atoms with E-state index in [1.165, 1.54) is 6.33 Å². The Hall–Kier alpha value is -1.82. The fourth-order valence-electron chi connectivity index (χ4n) is 1.83. The quantitative estimate of drug-likeness (QED) is 0.929. The van der Waals surface area contributed by atoms with E-state index in [4.69, 9.17) is 11.6 Å². The lowest BCUT2D eigenvalue weighted by Crippen LogP contribution is -2.26. The summed E-state index contributed by atoms with van der Waals surface area (Å²) in [7, 11) is 1.78. The number of carbonyl (C=O) groups excluding carboxylic acids is 1. The van der Waals surface area contributed by atoms with Gasteiger partial charge in [-0.1, -0.05) is 11.6 Å². The maximum atomic E-state index is 12.0. The van der Waals surface area contributed by atoms with Gasteiger partial charge in [0.1, 0.15) is 17.8 Å². The smallest absolute Gasteiger partial charge is 0.268 e. The number of nitrogens with one attached hydrogen (secondary N) is 1. The molecule has 0 aliphatic rings. The second-order valence-electron chi connectivity index (χ2n) is 4.55. The summed E-state index contributed by atoms with van der Waals surface area (Å²) in [4.78, 5) is 16.1. The molecule has 0 bridgehead atoms. The highest BCUT2D eigenvalue weighted by atomic mass is 35.5. The van der Waals surface area contributed by atoms with Gasteiger partial charge in [-0.3, -0.25) is 4.79 Å². The standard InChI is InChI=1S/C12H16ClN5O/c1-8(2)18-11(15-7-16-18)5-14-12(19)10-4-9(13)6-17(10)3/h4,6-8H,5H2,1-3H3,(H,14,19). The number of aryl methyl sites for hydroxylation is 1. The molecule has 0 atom stereocenters. The molecule has 0 fully saturated rings. The number of carbonyl (C=O) groups is 1. The summed E-state index contributed by atoms with van der Waals surface area (Å²) in [6.45, 7) is 4.35. The van der Waals surface area contributed by atoms with E-state index in [9.17, 15) is 4.79 Å². The monoisotopic (exact) mass is 281 g/mol. The second-order valence-corrected chi connectivity index (χ2v) is 4.99. The Morgan fingerprint density at radius 2 is 2.26 bits per heavy atom. The predicted octanol–water partition coefficient (Wildman–Crippen LogP) is 1.78. The van der Waals surface area contributed by atoms with E-state index < -0.39 is 0 Å². The molecule has 2 rings (SSSR count). The van der Waals surface area contributed by atoms with Crippen LogP contribution in [0.2, 0.25) is 5.02 Å². The molecule has 0 saturated heterocycles. The van der Waals surface area contributed by atoms with Gasteiger partial charge >= 0.3 is 0 Å². The van der Waals surface area contributed by atoms with E-state index in [0.29, 0.717) is 17.3 Å². The van der Waals surface area contributed by atoms with E-state index >= 15 is 0 Å². The summed E-state index contributed by atoms with van der Waals surface area (Å²) < 4.78 is 3.46. The predicted molar refractivity (Wildman–Crippen MR) is 72.0 cm³/mol. The van der Waals surface area contributed by atoms with Crippen molar-refractivity contribution in [2.24, 2.45) is 7.05 Å². The largest absolute Gasteiger partial charge is 0.345 e. The van der Waals surface area contributed by atoms with Gasteiger partial charge in [0.25, 0.3) is 5.91 Å². The number of amides is 1. The molecule has 2 aromatic heterocycles. The first-order chi connectivity index (χ1) is 8.99. The van der Waals surface area contributed by atoms with Gasteiger partial charge in [0.2, 0.25) is 0 Å². The van der Waals surface area contributed by atoms with Crippen molar-refractivity contribution in [1.82, 2.24) is 24.6 Å². The number of hydrogen-bond donors (Lipinski definition) is 1. The van der Waals surface area contributed by atoms with Gasteiger partial charge in [0, 0.05) is 19.3 Å². The maximum Gasteiger partial charge on any atom is 0.268 e. The van der Waals surface area contributed by atoms with Crippen molar-refractivity contribution in [3.8, 4) is 0 Å². The van der Waals surface area contributed by atoms with Gasteiger partial charge < -0.3 is 9.88 Å². The molecule has 0 radical (unpaired) electrons. The van der Waals surface area contributed by atoms with Gasteiger partial charge in [-0.05, 0) is 19.9 Å². The Bertz CT molecular complexity index is 587. The summed E-state index contributed by atoms with van der Waals surface area (Å²) in [5.41, 5.74) is 0.514. The maximum absolute atomic E-state index is 12.0. The van der Waals surface area contributed by atoms with E-state index in [1.54, 1.807) is 28.6 Å². The molecule has 6 nitrogen and oxygen atoms in total. The summed E-state index contributed by atoms with van der Waals surface area (Å²) in [6, 6.07) is 1.84. The molecule has 0 aliphatic carbocycles. The Balaban J connectivity index is 2.04. The van der Waals surface area contributed by atoms with Crippen molar-refractivity contribution < 1.29 is 4.79 Å².